The van der Waals surface area contributed by atoms with Crippen LogP contribution >= 0.6 is 0 Å². The van der Waals surface area contributed by atoms with Gasteiger partial charge in [0, 0.05) is 23.6 Å². The molecule has 2 aromatic carbocycles. The number of pyridine rings is 1. The number of amides is 1. The van der Waals surface area contributed by atoms with Gasteiger partial charge in [-0.2, -0.15) is 0 Å². The largest absolute Gasteiger partial charge is 0.490 e. The van der Waals surface area contributed by atoms with Crippen LogP contribution in [0.2, 0.25) is 0 Å². The SMILES string of the molecule is Cc1cc(C(=O)NNS(=O)(=O)c2ccc3c(c2)OCCCO3)c2ccccc2n1. The first-order chi connectivity index (χ1) is 13.9. The molecule has 2 heterocycles. The summed E-state index contributed by atoms with van der Waals surface area (Å²) < 4.78 is 36.3. The first kappa shape index (κ1) is 19.2. The molecule has 8 nitrogen and oxygen atoms in total. The summed E-state index contributed by atoms with van der Waals surface area (Å²) in [6.45, 7) is 2.72. The lowest BCUT2D eigenvalue weighted by Crippen LogP contribution is -2.41. The second-order valence-corrected chi connectivity index (χ2v) is 8.23. The van der Waals surface area contributed by atoms with Gasteiger partial charge in [0.1, 0.15) is 0 Å². The number of rotatable bonds is 4. The van der Waals surface area contributed by atoms with E-state index in [1.54, 1.807) is 31.2 Å². The number of carbonyl (C=O) groups excluding carboxylic acids is 1. The molecule has 150 valence electrons. The second-order valence-electron chi connectivity index (χ2n) is 6.55. The number of hydrazine groups is 1. The summed E-state index contributed by atoms with van der Waals surface area (Å²) in [5.74, 6) is 0.265. The smallest absolute Gasteiger partial charge is 0.266 e. The van der Waals surface area contributed by atoms with Crippen LogP contribution in [0.25, 0.3) is 10.9 Å². The number of ether oxygens (including phenoxy) is 2. The highest BCUT2D eigenvalue weighted by Crippen LogP contribution is 2.31. The van der Waals surface area contributed by atoms with E-state index in [1.807, 2.05) is 6.07 Å². The molecular formula is C20H19N3O5S. The Kier molecular flexibility index (Phi) is 5.08. The number of nitrogens with one attached hydrogen (secondary N) is 2. The molecule has 9 heteroatoms. The minimum atomic E-state index is -4.01. The topological polar surface area (TPSA) is 107 Å². The van der Waals surface area contributed by atoms with Crippen molar-refractivity contribution < 1.29 is 22.7 Å². The highest BCUT2D eigenvalue weighted by molar-refractivity contribution is 7.89. The minimum Gasteiger partial charge on any atom is -0.490 e. The van der Waals surface area contributed by atoms with Crippen LogP contribution < -0.4 is 19.7 Å². The van der Waals surface area contributed by atoms with Gasteiger partial charge in [0.2, 0.25) is 0 Å². The standard InChI is InChI=1S/C20H19N3O5S/c1-13-11-16(15-5-2-3-6-17(15)21-13)20(24)22-23-29(25,26)14-7-8-18-19(12-14)28-10-4-9-27-18/h2-3,5-8,11-12,23H,4,9-10H2,1H3,(H,22,24). The molecule has 0 spiro atoms. The molecule has 0 saturated heterocycles. The lowest BCUT2D eigenvalue weighted by atomic mass is 10.1. The Morgan fingerprint density at radius 3 is 2.62 bits per heavy atom. The zero-order valence-electron chi connectivity index (χ0n) is 15.6. The maximum Gasteiger partial charge on any atom is 0.266 e. The predicted molar refractivity (Wildman–Crippen MR) is 106 cm³/mol. The number of sulfonamides is 1. The lowest BCUT2D eigenvalue weighted by Gasteiger charge is -2.12. The van der Waals surface area contributed by atoms with Crippen LogP contribution in [-0.2, 0) is 10.0 Å². The minimum absolute atomic E-state index is 0.0437. The van der Waals surface area contributed by atoms with Crippen molar-refractivity contribution in [2.45, 2.75) is 18.2 Å². The van der Waals surface area contributed by atoms with Crippen LogP contribution in [0, 0.1) is 6.92 Å². The number of fused-ring (bicyclic) bond motifs is 2. The van der Waals surface area contributed by atoms with Crippen LogP contribution in [0.3, 0.4) is 0 Å². The van der Waals surface area contributed by atoms with Crippen molar-refractivity contribution in [1.29, 1.82) is 0 Å². The molecule has 1 aliphatic heterocycles. The lowest BCUT2D eigenvalue weighted by molar-refractivity contribution is 0.0946. The number of carbonyl (C=O) groups is 1. The molecule has 0 unspecified atom stereocenters. The number of hydrogen-bond acceptors (Lipinski definition) is 6. The molecule has 0 bridgehead atoms. The van der Waals surface area contributed by atoms with Gasteiger partial charge in [-0.1, -0.05) is 18.2 Å². The maximum atomic E-state index is 12.7. The van der Waals surface area contributed by atoms with Crippen molar-refractivity contribution in [3.05, 3.63) is 59.8 Å². The third kappa shape index (κ3) is 4.01. The summed E-state index contributed by atoms with van der Waals surface area (Å²) in [6, 6.07) is 13.1. The molecular weight excluding hydrogens is 394 g/mol. The van der Waals surface area contributed by atoms with E-state index in [4.69, 9.17) is 9.47 Å². The van der Waals surface area contributed by atoms with Crippen LogP contribution in [0.1, 0.15) is 22.5 Å². The molecule has 1 amide bonds. The molecule has 0 fully saturated rings. The van der Waals surface area contributed by atoms with Gasteiger partial charge in [-0.25, -0.2) is 8.42 Å². The van der Waals surface area contributed by atoms with Crippen molar-refractivity contribution in [1.82, 2.24) is 15.2 Å². The number of aromatic nitrogens is 1. The summed E-state index contributed by atoms with van der Waals surface area (Å²) >= 11 is 0. The Balaban J connectivity index is 1.56. The van der Waals surface area contributed by atoms with Gasteiger partial charge in [-0.3, -0.25) is 15.2 Å². The van der Waals surface area contributed by atoms with E-state index in [2.05, 4.69) is 15.2 Å². The van der Waals surface area contributed by atoms with Gasteiger partial charge in [-0.15, -0.1) is 4.83 Å². The second kappa shape index (κ2) is 7.69. The average molecular weight is 413 g/mol. The van der Waals surface area contributed by atoms with E-state index in [1.165, 1.54) is 18.2 Å². The molecule has 0 saturated carbocycles. The van der Waals surface area contributed by atoms with Gasteiger partial charge < -0.3 is 9.47 Å². The Labute approximate surface area is 167 Å². The molecule has 29 heavy (non-hydrogen) atoms. The predicted octanol–water partition coefficient (Wildman–Crippen LogP) is 2.33. The molecule has 1 aromatic heterocycles. The number of benzene rings is 2. The highest BCUT2D eigenvalue weighted by atomic mass is 32.2. The molecule has 4 rings (SSSR count). The molecule has 3 aromatic rings. The quantitative estimate of drug-likeness (QED) is 0.636. The first-order valence-electron chi connectivity index (χ1n) is 9.02. The van der Waals surface area contributed by atoms with E-state index in [-0.39, 0.29) is 4.90 Å². The summed E-state index contributed by atoms with van der Waals surface area (Å²) in [6.07, 6.45) is 0.713. The third-order valence-electron chi connectivity index (χ3n) is 4.42. The van der Waals surface area contributed by atoms with E-state index in [0.29, 0.717) is 53.3 Å². The Morgan fingerprint density at radius 2 is 1.79 bits per heavy atom. The van der Waals surface area contributed by atoms with Gasteiger partial charge >= 0.3 is 0 Å². The molecule has 2 N–H and O–H groups in total. The van der Waals surface area contributed by atoms with E-state index in [0.717, 1.165) is 0 Å². The normalized spacial score (nSPS) is 13.7. The van der Waals surface area contributed by atoms with Crippen molar-refractivity contribution in [3.63, 3.8) is 0 Å². The Hall–Kier alpha value is -3.17. The van der Waals surface area contributed by atoms with Crippen molar-refractivity contribution in [2.24, 2.45) is 0 Å². The van der Waals surface area contributed by atoms with E-state index in [9.17, 15) is 13.2 Å². The van der Waals surface area contributed by atoms with Crippen LogP contribution in [0.15, 0.2) is 53.4 Å². The zero-order chi connectivity index (χ0) is 20.4. The fraction of sp³-hybridized carbons (Fsp3) is 0.200. The fourth-order valence-corrected chi connectivity index (χ4v) is 3.90. The summed E-state index contributed by atoms with van der Waals surface area (Å²) in [5.41, 5.74) is 3.91. The van der Waals surface area contributed by atoms with E-state index >= 15 is 0 Å². The summed E-state index contributed by atoms with van der Waals surface area (Å²) in [5, 5.41) is 0.630. The number of hydrogen-bond donors (Lipinski definition) is 2. The number of aryl methyl sites for hydroxylation is 1. The van der Waals surface area contributed by atoms with Crippen molar-refractivity contribution >= 4 is 26.8 Å². The summed E-state index contributed by atoms with van der Waals surface area (Å²) in [7, 11) is -4.01. The van der Waals surface area contributed by atoms with Gasteiger partial charge in [-0.05, 0) is 31.2 Å². The monoisotopic (exact) mass is 413 g/mol. The van der Waals surface area contributed by atoms with Gasteiger partial charge in [0.15, 0.2) is 11.5 Å². The summed E-state index contributed by atoms with van der Waals surface area (Å²) in [4.78, 5) is 19.1. The van der Waals surface area contributed by atoms with Crippen LogP contribution in [-0.4, -0.2) is 32.5 Å². The number of para-hydroxylation sites is 1. The Bertz CT molecular complexity index is 1190. The van der Waals surface area contributed by atoms with Gasteiger partial charge in [0.05, 0.1) is 29.2 Å². The molecule has 0 radical (unpaired) electrons. The maximum absolute atomic E-state index is 12.7. The third-order valence-corrected chi connectivity index (χ3v) is 5.66. The molecule has 0 aliphatic carbocycles. The first-order valence-corrected chi connectivity index (χ1v) is 10.5. The van der Waals surface area contributed by atoms with Crippen molar-refractivity contribution in [3.8, 4) is 11.5 Å². The van der Waals surface area contributed by atoms with Crippen molar-refractivity contribution in [2.75, 3.05) is 13.2 Å². The van der Waals surface area contributed by atoms with E-state index < -0.39 is 15.9 Å². The van der Waals surface area contributed by atoms with Gasteiger partial charge in [0.25, 0.3) is 15.9 Å². The fourth-order valence-electron chi connectivity index (χ4n) is 3.05. The van der Waals surface area contributed by atoms with Crippen LogP contribution in [0.4, 0.5) is 0 Å². The van der Waals surface area contributed by atoms with Crippen LogP contribution in [0.5, 0.6) is 11.5 Å². The zero-order valence-corrected chi connectivity index (χ0v) is 16.5. The molecule has 1 aliphatic rings. The average Bonchev–Trinajstić information content (AvgIpc) is 2.96. The number of nitrogens with zero attached hydrogens (tertiary/aromatic N) is 1. The molecule has 0 atom stereocenters. The Morgan fingerprint density at radius 1 is 1.03 bits per heavy atom. The highest BCUT2D eigenvalue weighted by Gasteiger charge is 2.20.